The van der Waals surface area contributed by atoms with E-state index in [4.69, 9.17) is 0 Å². The summed E-state index contributed by atoms with van der Waals surface area (Å²) in [6.07, 6.45) is 0.200. The molecule has 0 saturated carbocycles. The van der Waals surface area contributed by atoms with Crippen LogP contribution in [0.1, 0.15) is 35.0 Å². The standard InChI is InChI=1S/C10H15NOS/c1-6(2)5-9(12)10-7(3)11-8(4)13-10/h9,12H,1,5H2,2-4H3. The van der Waals surface area contributed by atoms with E-state index in [1.54, 1.807) is 11.3 Å². The van der Waals surface area contributed by atoms with Crippen LogP contribution in [0.25, 0.3) is 0 Å². The molecule has 0 aromatic carbocycles. The lowest BCUT2D eigenvalue weighted by Gasteiger charge is -2.08. The van der Waals surface area contributed by atoms with Crippen molar-refractivity contribution in [2.75, 3.05) is 0 Å². The monoisotopic (exact) mass is 197 g/mol. The molecule has 0 aliphatic heterocycles. The zero-order chi connectivity index (χ0) is 10.0. The van der Waals surface area contributed by atoms with Crippen LogP contribution in [0, 0.1) is 13.8 Å². The molecule has 1 rings (SSSR count). The smallest absolute Gasteiger partial charge is 0.0937 e. The maximum absolute atomic E-state index is 9.79. The molecule has 1 unspecified atom stereocenters. The quantitative estimate of drug-likeness (QED) is 0.756. The van der Waals surface area contributed by atoms with Gasteiger partial charge in [0, 0.05) is 0 Å². The van der Waals surface area contributed by atoms with Gasteiger partial charge in [0.05, 0.1) is 21.7 Å². The Morgan fingerprint density at radius 3 is 2.62 bits per heavy atom. The predicted molar refractivity (Wildman–Crippen MR) is 56.0 cm³/mol. The average molecular weight is 197 g/mol. The Kier molecular flexibility index (Phi) is 3.22. The molecule has 0 fully saturated rings. The lowest BCUT2D eigenvalue weighted by atomic mass is 10.1. The number of aryl methyl sites for hydroxylation is 2. The number of thiazole rings is 1. The van der Waals surface area contributed by atoms with Gasteiger partial charge < -0.3 is 5.11 Å². The van der Waals surface area contributed by atoms with Gasteiger partial charge in [-0.15, -0.1) is 17.9 Å². The van der Waals surface area contributed by atoms with Crippen LogP contribution in [0.2, 0.25) is 0 Å². The maximum Gasteiger partial charge on any atom is 0.0937 e. The topological polar surface area (TPSA) is 33.1 Å². The molecule has 0 aliphatic rings. The van der Waals surface area contributed by atoms with Gasteiger partial charge >= 0.3 is 0 Å². The molecule has 0 bridgehead atoms. The largest absolute Gasteiger partial charge is 0.387 e. The van der Waals surface area contributed by atoms with Crippen molar-refractivity contribution in [1.29, 1.82) is 0 Å². The SMILES string of the molecule is C=C(C)CC(O)c1sc(C)nc1C. The van der Waals surface area contributed by atoms with E-state index in [-0.39, 0.29) is 0 Å². The van der Waals surface area contributed by atoms with E-state index in [9.17, 15) is 5.11 Å². The van der Waals surface area contributed by atoms with Gasteiger partial charge in [-0.25, -0.2) is 4.98 Å². The number of rotatable bonds is 3. The lowest BCUT2D eigenvalue weighted by Crippen LogP contribution is -1.96. The van der Waals surface area contributed by atoms with Crippen molar-refractivity contribution in [3.8, 4) is 0 Å². The van der Waals surface area contributed by atoms with Crippen LogP contribution in [0.15, 0.2) is 12.2 Å². The molecule has 0 amide bonds. The third-order valence-electron chi connectivity index (χ3n) is 1.78. The van der Waals surface area contributed by atoms with Crippen LogP contribution in [0.3, 0.4) is 0 Å². The second kappa shape index (κ2) is 4.03. The van der Waals surface area contributed by atoms with E-state index >= 15 is 0 Å². The number of nitrogens with zero attached hydrogens (tertiary/aromatic N) is 1. The molecular weight excluding hydrogens is 182 g/mol. The highest BCUT2D eigenvalue weighted by Crippen LogP contribution is 2.28. The van der Waals surface area contributed by atoms with Gasteiger partial charge in [0.1, 0.15) is 0 Å². The molecule has 0 saturated heterocycles. The summed E-state index contributed by atoms with van der Waals surface area (Å²) in [7, 11) is 0. The Bertz CT molecular complexity index is 317. The first-order valence-corrected chi connectivity index (χ1v) is 5.08. The van der Waals surface area contributed by atoms with Crippen molar-refractivity contribution >= 4 is 11.3 Å². The summed E-state index contributed by atoms with van der Waals surface area (Å²) in [5, 5.41) is 10.8. The number of hydrogen-bond donors (Lipinski definition) is 1. The number of aromatic nitrogens is 1. The molecule has 1 heterocycles. The van der Waals surface area contributed by atoms with Crippen LogP contribution in [-0.2, 0) is 0 Å². The van der Waals surface area contributed by atoms with E-state index in [1.807, 2.05) is 20.8 Å². The Balaban J connectivity index is 2.81. The van der Waals surface area contributed by atoms with Gasteiger partial charge in [-0.05, 0) is 27.2 Å². The minimum absolute atomic E-state index is 0.427. The molecule has 1 N–H and O–H groups in total. The van der Waals surface area contributed by atoms with Crippen LogP contribution >= 0.6 is 11.3 Å². The summed E-state index contributed by atoms with van der Waals surface area (Å²) in [4.78, 5) is 5.24. The van der Waals surface area contributed by atoms with Crippen molar-refractivity contribution in [2.45, 2.75) is 33.3 Å². The van der Waals surface area contributed by atoms with Crippen molar-refractivity contribution in [3.63, 3.8) is 0 Å². The van der Waals surface area contributed by atoms with Gasteiger partial charge in [0.15, 0.2) is 0 Å². The molecule has 3 heteroatoms. The third kappa shape index (κ3) is 2.64. The van der Waals surface area contributed by atoms with E-state index < -0.39 is 6.10 Å². The fraction of sp³-hybridized carbons (Fsp3) is 0.500. The van der Waals surface area contributed by atoms with Gasteiger partial charge in [0.25, 0.3) is 0 Å². The Morgan fingerprint density at radius 1 is 1.62 bits per heavy atom. The molecule has 0 radical (unpaired) electrons. The first kappa shape index (κ1) is 10.4. The number of hydrogen-bond acceptors (Lipinski definition) is 3. The summed E-state index contributed by atoms with van der Waals surface area (Å²) in [5.74, 6) is 0. The van der Waals surface area contributed by atoms with Crippen LogP contribution in [0.4, 0.5) is 0 Å². The molecule has 0 aliphatic carbocycles. The maximum atomic E-state index is 9.79. The summed E-state index contributed by atoms with van der Waals surface area (Å²) in [6.45, 7) is 9.59. The highest BCUT2D eigenvalue weighted by atomic mass is 32.1. The van der Waals surface area contributed by atoms with Gasteiger partial charge in [-0.2, -0.15) is 0 Å². The molecule has 1 atom stereocenters. The first-order chi connectivity index (χ1) is 6.00. The predicted octanol–water partition coefficient (Wildman–Crippen LogP) is 2.76. The van der Waals surface area contributed by atoms with Crippen LogP contribution in [-0.4, -0.2) is 10.1 Å². The normalized spacial score (nSPS) is 12.9. The van der Waals surface area contributed by atoms with Crippen molar-refractivity contribution < 1.29 is 5.11 Å². The van der Waals surface area contributed by atoms with Gasteiger partial charge in [0.2, 0.25) is 0 Å². The minimum atomic E-state index is -0.427. The zero-order valence-electron chi connectivity index (χ0n) is 8.29. The van der Waals surface area contributed by atoms with E-state index in [0.29, 0.717) is 6.42 Å². The van der Waals surface area contributed by atoms with Crippen LogP contribution in [0.5, 0.6) is 0 Å². The van der Waals surface area contributed by atoms with Crippen LogP contribution < -0.4 is 0 Å². The number of aliphatic hydroxyl groups is 1. The highest BCUT2D eigenvalue weighted by Gasteiger charge is 2.14. The lowest BCUT2D eigenvalue weighted by molar-refractivity contribution is 0.181. The zero-order valence-corrected chi connectivity index (χ0v) is 9.11. The summed E-state index contributed by atoms with van der Waals surface area (Å²) in [6, 6.07) is 0. The highest BCUT2D eigenvalue weighted by molar-refractivity contribution is 7.11. The van der Waals surface area contributed by atoms with Crippen molar-refractivity contribution in [3.05, 3.63) is 27.7 Å². The molecule has 0 spiro atoms. The summed E-state index contributed by atoms with van der Waals surface area (Å²) < 4.78 is 0. The summed E-state index contributed by atoms with van der Waals surface area (Å²) in [5.41, 5.74) is 1.94. The summed E-state index contributed by atoms with van der Waals surface area (Å²) >= 11 is 1.56. The Labute approximate surface area is 83.0 Å². The molecule has 1 aromatic heterocycles. The van der Waals surface area contributed by atoms with Gasteiger partial charge in [-0.3, -0.25) is 0 Å². The molecular formula is C10H15NOS. The fourth-order valence-electron chi connectivity index (χ4n) is 1.28. The Hall–Kier alpha value is -0.670. The fourth-order valence-corrected chi connectivity index (χ4v) is 2.19. The third-order valence-corrected chi connectivity index (χ3v) is 2.96. The van der Waals surface area contributed by atoms with E-state index in [1.165, 1.54) is 0 Å². The number of aliphatic hydroxyl groups excluding tert-OH is 1. The van der Waals surface area contributed by atoms with Crippen molar-refractivity contribution in [2.24, 2.45) is 0 Å². The van der Waals surface area contributed by atoms with E-state index in [2.05, 4.69) is 11.6 Å². The molecule has 1 aromatic rings. The second-order valence-electron chi connectivity index (χ2n) is 3.36. The minimum Gasteiger partial charge on any atom is -0.387 e. The second-order valence-corrected chi connectivity index (χ2v) is 4.59. The molecule has 2 nitrogen and oxygen atoms in total. The Morgan fingerprint density at radius 2 is 2.23 bits per heavy atom. The average Bonchev–Trinajstić information content (AvgIpc) is 2.28. The van der Waals surface area contributed by atoms with Crippen molar-refractivity contribution in [1.82, 2.24) is 4.98 Å². The molecule has 13 heavy (non-hydrogen) atoms. The first-order valence-electron chi connectivity index (χ1n) is 4.27. The van der Waals surface area contributed by atoms with E-state index in [0.717, 1.165) is 21.2 Å². The van der Waals surface area contributed by atoms with Gasteiger partial charge in [-0.1, -0.05) is 5.57 Å². The molecule has 72 valence electrons.